The highest BCUT2D eigenvalue weighted by Gasteiger charge is 2.49. The van der Waals surface area contributed by atoms with Crippen LogP contribution in [0.5, 0.6) is 0 Å². The van der Waals surface area contributed by atoms with E-state index in [0.29, 0.717) is 6.54 Å². The van der Waals surface area contributed by atoms with Crippen LogP contribution in [0.4, 0.5) is 0 Å². The van der Waals surface area contributed by atoms with Crippen molar-refractivity contribution in [3.05, 3.63) is 30.1 Å². The van der Waals surface area contributed by atoms with E-state index in [0.717, 1.165) is 18.4 Å². The van der Waals surface area contributed by atoms with Gasteiger partial charge in [-0.05, 0) is 24.5 Å². The Morgan fingerprint density at radius 2 is 2.28 bits per heavy atom. The molecule has 2 N–H and O–H groups in total. The number of nitrogens with zero attached hydrogens (tertiary/aromatic N) is 1. The minimum absolute atomic E-state index is 0.0260. The maximum absolute atomic E-state index is 11.9. The maximum Gasteiger partial charge on any atom is 0.228 e. The van der Waals surface area contributed by atoms with E-state index in [-0.39, 0.29) is 17.9 Å². The molecule has 98 valence electrons. The standard InChI is InChI=1S/C14H20N2O2/c1-13(2,11-4-3-7-15-8-11)9-16-12(18)14(10-17)5-6-14/h3-4,7-8,17H,5-6,9-10H2,1-2H3,(H,16,18). The molecule has 1 amide bonds. The van der Waals surface area contributed by atoms with Crippen LogP contribution in [-0.2, 0) is 10.2 Å². The first-order valence-corrected chi connectivity index (χ1v) is 6.30. The number of hydrogen-bond donors (Lipinski definition) is 2. The fourth-order valence-corrected chi connectivity index (χ4v) is 1.96. The molecular formula is C14H20N2O2. The molecule has 1 heterocycles. The van der Waals surface area contributed by atoms with Gasteiger partial charge in [-0.15, -0.1) is 0 Å². The van der Waals surface area contributed by atoms with Crippen molar-refractivity contribution in [2.45, 2.75) is 32.1 Å². The second-order valence-electron chi connectivity index (χ2n) is 5.75. The highest BCUT2D eigenvalue weighted by Crippen LogP contribution is 2.45. The summed E-state index contributed by atoms with van der Waals surface area (Å²) in [4.78, 5) is 16.1. The Hall–Kier alpha value is -1.42. The van der Waals surface area contributed by atoms with E-state index >= 15 is 0 Å². The second kappa shape index (κ2) is 4.69. The summed E-state index contributed by atoms with van der Waals surface area (Å²) in [6.45, 7) is 4.65. The van der Waals surface area contributed by atoms with Crippen LogP contribution in [-0.4, -0.2) is 29.1 Å². The van der Waals surface area contributed by atoms with Crippen LogP contribution < -0.4 is 5.32 Å². The monoisotopic (exact) mass is 248 g/mol. The lowest BCUT2D eigenvalue weighted by atomic mass is 9.85. The van der Waals surface area contributed by atoms with Crippen molar-refractivity contribution in [2.24, 2.45) is 5.41 Å². The number of carbonyl (C=O) groups is 1. The Morgan fingerprint density at radius 1 is 1.56 bits per heavy atom. The van der Waals surface area contributed by atoms with E-state index in [1.807, 2.05) is 18.3 Å². The number of aliphatic hydroxyl groups excluding tert-OH is 1. The third-order valence-electron chi connectivity index (χ3n) is 3.77. The average Bonchev–Trinajstić information content (AvgIpc) is 3.18. The molecule has 4 heteroatoms. The first-order chi connectivity index (χ1) is 8.50. The van der Waals surface area contributed by atoms with Gasteiger partial charge in [0.15, 0.2) is 0 Å². The fourth-order valence-electron chi connectivity index (χ4n) is 1.96. The molecule has 0 spiro atoms. The van der Waals surface area contributed by atoms with E-state index in [9.17, 15) is 9.90 Å². The van der Waals surface area contributed by atoms with Gasteiger partial charge in [0, 0.05) is 24.4 Å². The number of aliphatic hydroxyl groups is 1. The van der Waals surface area contributed by atoms with Crippen LogP contribution in [0.3, 0.4) is 0 Å². The van der Waals surface area contributed by atoms with Gasteiger partial charge in [-0.1, -0.05) is 19.9 Å². The summed E-state index contributed by atoms with van der Waals surface area (Å²) in [6.07, 6.45) is 5.15. The van der Waals surface area contributed by atoms with Crippen LogP contribution in [0, 0.1) is 5.41 Å². The molecule has 4 nitrogen and oxygen atoms in total. The highest BCUT2D eigenvalue weighted by molar-refractivity contribution is 5.85. The van der Waals surface area contributed by atoms with E-state index in [2.05, 4.69) is 24.1 Å². The number of nitrogens with one attached hydrogen (secondary N) is 1. The molecule has 0 atom stereocenters. The summed E-state index contributed by atoms with van der Waals surface area (Å²) < 4.78 is 0. The molecule has 0 radical (unpaired) electrons. The van der Waals surface area contributed by atoms with Crippen LogP contribution >= 0.6 is 0 Å². The van der Waals surface area contributed by atoms with E-state index in [1.165, 1.54) is 0 Å². The number of amides is 1. The summed E-state index contributed by atoms with van der Waals surface area (Å²) in [7, 11) is 0. The largest absolute Gasteiger partial charge is 0.395 e. The normalized spacial score (nSPS) is 17.3. The van der Waals surface area contributed by atoms with Gasteiger partial charge in [0.05, 0.1) is 12.0 Å². The summed E-state index contributed by atoms with van der Waals surface area (Å²) in [6, 6.07) is 3.91. The Labute approximate surface area is 107 Å². The molecule has 0 saturated heterocycles. The third kappa shape index (κ3) is 2.53. The minimum Gasteiger partial charge on any atom is -0.395 e. The predicted octanol–water partition coefficient (Wildman–Crippen LogP) is 1.25. The molecule has 0 unspecified atom stereocenters. The number of rotatable bonds is 5. The lowest BCUT2D eigenvalue weighted by molar-refractivity contribution is -0.127. The van der Waals surface area contributed by atoms with E-state index < -0.39 is 5.41 Å². The molecule has 18 heavy (non-hydrogen) atoms. The molecule has 1 aromatic heterocycles. The van der Waals surface area contributed by atoms with Crippen molar-refractivity contribution >= 4 is 5.91 Å². The van der Waals surface area contributed by atoms with Crippen LogP contribution in [0.15, 0.2) is 24.5 Å². The van der Waals surface area contributed by atoms with Crippen LogP contribution in [0.1, 0.15) is 32.3 Å². The van der Waals surface area contributed by atoms with Gasteiger partial charge in [-0.25, -0.2) is 0 Å². The Morgan fingerprint density at radius 3 is 2.78 bits per heavy atom. The molecule has 1 aliphatic carbocycles. The zero-order chi connectivity index (χ0) is 13.2. The summed E-state index contributed by atoms with van der Waals surface area (Å²) >= 11 is 0. The van der Waals surface area contributed by atoms with Gasteiger partial charge in [0.2, 0.25) is 5.91 Å². The second-order valence-corrected chi connectivity index (χ2v) is 5.75. The molecule has 0 bridgehead atoms. The highest BCUT2D eigenvalue weighted by atomic mass is 16.3. The van der Waals surface area contributed by atoms with Crippen molar-refractivity contribution in [1.82, 2.24) is 10.3 Å². The quantitative estimate of drug-likeness (QED) is 0.824. The third-order valence-corrected chi connectivity index (χ3v) is 3.77. The zero-order valence-corrected chi connectivity index (χ0v) is 10.9. The Kier molecular flexibility index (Phi) is 3.39. The van der Waals surface area contributed by atoms with Gasteiger partial charge < -0.3 is 10.4 Å². The van der Waals surface area contributed by atoms with Gasteiger partial charge in [-0.3, -0.25) is 9.78 Å². The topological polar surface area (TPSA) is 62.2 Å². The average molecular weight is 248 g/mol. The van der Waals surface area contributed by atoms with Gasteiger partial charge in [0.1, 0.15) is 0 Å². The molecule has 1 aromatic rings. The number of carbonyl (C=O) groups excluding carboxylic acids is 1. The number of aromatic nitrogens is 1. The van der Waals surface area contributed by atoms with Gasteiger partial charge in [0.25, 0.3) is 0 Å². The molecule has 1 fully saturated rings. The zero-order valence-electron chi connectivity index (χ0n) is 10.9. The van der Waals surface area contributed by atoms with Crippen molar-refractivity contribution in [3.63, 3.8) is 0 Å². The summed E-state index contributed by atoms with van der Waals surface area (Å²) in [5, 5.41) is 12.2. The van der Waals surface area contributed by atoms with E-state index in [4.69, 9.17) is 0 Å². The first kappa shape index (κ1) is 13.0. The van der Waals surface area contributed by atoms with Crippen molar-refractivity contribution in [3.8, 4) is 0 Å². The minimum atomic E-state index is -0.495. The first-order valence-electron chi connectivity index (χ1n) is 6.30. The van der Waals surface area contributed by atoms with Crippen molar-refractivity contribution in [2.75, 3.05) is 13.2 Å². The molecule has 1 saturated carbocycles. The summed E-state index contributed by atoms with van der Waals surface area (Å²) in [5.41, 5.74) is 0.444. The predicted molar refractivity (Wildman–Crippen MR) is 69.0 cm³/mol. The van der Waals surface area contributed by atoms with Crippen molar-refractivity contribution < 1.29 is 9.90 Å². The maximum atomic E-state index is 11.9. The van der Waals surface area contributed by atoms with Crippen LogP contribution in [0.25, 0.3) is 0 Å². The molecule has 2 rings (SSSR count). The van der Waals surface area contributed by atoms with Gasteiger partial charge >= 0.3 is 0 Å². The van der Waals surface area contributed by atoms with Gasteiger partial charge in [-0.2, -0.15) is 0 Å². The SMILES string of the molecule is CC(C)(CNC(=O)C1(CO)CC1)c1cccnc1. The molecular weight excluding hydrogens is 228 g/mol. The smallest absolute Gasteiger partial charge is 0.228 e. The molecule has 0 aliphatic heterocycles. The molecule has 0 aromatic carbocycles. The molecule has 1 aliphatic rings. The van der Waals surface area contributed by atoms with Crippen LogP contribution in [0.2, 0.25) is 0 Å². The number of pyridine rings is 1. The Balaban J connectivity index is 1.95. The Bertz CT molecular complexity index is 425. The van der Waals surface area contributed by atoms with E-state index in [1.54, 1.807) is 6.20 Å². The lowest BCUT2D eigenvalue weighted by Gasteiger charge is -2.26. The summed E-state index contributed by atoms with van der Waals surface area (Å²) in [5.74, 6) is -0.0260. The van der Waals surface area contributed by atoms with Crippen molar-refractivity contribution in [1.29, 1.82) is 0 Å². The number of hydrogen-bond acceptors (Lipinski definition) is 3. The fraction of sp³-hybridized carbons (Fsp3) is 0.571. The lowest BCUT2D eigenvalue weighted by Crippen LogP contribution is -2.41.